The molecule has 0 atom stereocenters. The third-order valence-corrected chi connectivity index (χ3v) is 5.66. The number of benzene rings is 2. The van der Waals surface area contributed by atoms with E-state index in [0.29, 0.717) is 22.7 Å². The van der Waals surface area contributed by atoms with Crippen molar-refractivity contribution in [2.45, 2.75) is 26.2 Å². The van der Waals surface area contributed by atoms with E-state index in [1.165, 1.54) is 12.1 Å². The number of halogens is 2. The van der Waals surface area contributed by atoms with Crippen LogP contribution >= 0.6 is 0 Å². The Morgan fingerprint density at radius 1 is 0.967 bits per heavy atom. The van der Waals surface area contributed by atoms with E-state index in [4.69, 9.17) is 4.74 Å². The zero-order valence-corrected chi connectivity index (χ0v) is 17.1. The Morgan fingerprint density at radius 3 is 2.30 bits per heavy atom. The smallest absolute Gasteiger partial charge is 0.255 e. The molecule has 1 saturated heterocycles. The van der Waals surface area contributed by atoms with Crippen molar-refractivity contribution < 1.29 is 18.3 Å². The molecule has 4 rings (SSSR count). The zero-order chi connectivity index (χ0) is 21.3. The lowest BCUT2D eigenvalue weighted by molar-refractivity contribution is 0.0723. The van der Waals surface area contributed by atoms with Crippen LogP contribution in [0, 0.1) is 18.6 Å². The predicted molar refractivity (Wildman–Crippen MR) is 112 cm³/mol. The molecule has 0 saturated carbocycles. The predicted octanol–water partition coefficient (Wildman–Crippen LogP) is 5.37. The summed E-state index contributed by atoms with van der Waals surface area (Å²) < 4.78 is 35.2. The molecule has 1 aliphatic heterocycles. The lowest BCUT2D eigenvalue weighted by Gasteiger charge is -2.26. The summed E-state index contributed by atoms with van der Waals surface area (Å²) in [5.41, 5.74) is 2.84. The van der Waals surface area contributed by atoms with Crippen LogP contribution in [0.15, 0.2) is 48.5 Å². The van der Waals surface area contributed by atoms with Gasteiger partial charge >= 0.3 is 0 Å². The molecule has 0 unspecified atom stereocenters. The Kier molecular flexibility index (Phi) is 5.57. The molecule has 1 aliphatic rings. The first kappa shape index (κ1) is 20.1. The van der Waals surface area contributed by atoms with Crippen LogP contribution in [-0.2, 0) is 0 Å². The van der Waals surface area contributed by atoms with Gasteiger partial charge in [0.2, 0.25) is 0 Å². The molecule has 30 heavy (non-hydrogen) atoms. The summed E-state index contributed by atoms with van der Waals surface area (Å²) in [6.45, 7) is 3.26. The van der Waals surface area contributed by atoms with E-state index in [-0.39, 0.29) is 11.6 Å². The third kappa shape index (κ3) is 3.70. The van der Waals surface area contributed by atoms with Gasteiger partial charge in [-0.2, -0.15) is 0 Å². The second-order valence-corrected chi connectivity index (χ2v) is 7.54. The fraction of sp³-hybridized carbons (Fsp3) is 0.292. The fourth-order valence-corrected chi connectivity index (χ4v) is 4.04. The van der Waals surface area contributed by atoms with Crippen LogP contribution in [0.2, 0.25) is 0 Å². The van der Waals surface area contributed by atoms with Gasteiger partial charge in [0.15, 0.2) is 0 Å². The monoisotopic (exact) mass is 410 g/mol. The molecule has 6 heteroatoms. The van der Waals surface area contributed by atoms with Crippen LogP contribution in [0.4, 0.5) is 8.78 Å². The van der Waals surface area contributed by atoms with Gasteiger partial charge in [0.1, 0.15) is 17.4 Å². The number of carbonyl (C=O) groups excluding carboxylic acids is 1. The second kappa shape index (κ2) is 8.30. The summed E-state index contributed by atoms with van der Waals surface area (Å²) >= 11 is 0. The normalized spacial score (nSPS) is 14.1. The van der Waals surface area contributed by atoms with E-state index >= 15 is 0 Å². The number of ether oxygens (including phenoxy) is 1. The topological polar surface area (TPSA) is 34.5 Å². The number of carbonyl (C=O) groups is 1. The number of rotatable bonds is 4. The van der Waals surface area contributed by atoms with E-state index in [9.17, 15) is 13.6 Å². The number of nitrogens with zero attached hydrogens (tertiary/aromatic N) is 2. The molecular formula is C24H24F2N2O2. The molecule has 3 aromatic rings. The van der Waals surface area contributed by atoms with Crippen LogP contribution in [0.5, 0.6) is 5.75 Å². The number of piperidine rings is 1. The van der Waals surface area contributed by atoms with Crippen molar-refractivity contribution in [1.29, 1.82) is 0 Å². The maximum absolute atomic E-state index is 14.7. The Balaban J connectivity index is 1.87. The minimum atomic E-state index is -0.680. The molecule has 1 amide bonds. The summed E-state index contributed by atoms with van der Waals surface area (Å²) in [4.78, 5) is 15.1. The number of amides is 1. The van der Waals surface area contributed by atoms with Crippen molar-refractivity contribution in [3.8, 4) is 22.7 Å². The van der Waals surface area contributed by atoms with Gasteiger partial charge < -0.3 is 14.2 Å². The summed E-state index contributed by atoms with van der Waals surface area (Å²) in [6, 6.07) is 12.6. The van der Waals surface area contributed by atoms with Crippen molar-refractivity contribution in [1.82, 2.24) is 9.47 Å². The molecule has 156 valence electrons. The minimum absolute atomic E-state index is 0.0526. The standard InChI is InChI=1S/C24H24F2N2O2/c1-16-20(24(29)27-12-4-3-5-13-27)15-23(17-6-9-19(30-2)10-7-17)28(16)22-11-8-18(25)14-21(22)26/h6-11,14-15H,3-5,12-13H2,1-2H3. The van der Waals surface area contributed by atoms with Crippen LogP contribution in [0.25, 0.3) is 16.9 Å². The Bertz CT molecular complexity index is 1070. The number of hydrogen-bond acceptors (Lipinski definition) is 2. The molecule has 0 aliphatic carbocycles. The highest BCUT2D eigenvalue weighted by molar-refractivity contribution is 5.97. The first-order chi connectivity index (χ1) is 14.5. The average Bonchev–Trinajstić information content (AvgIpc) is 3.11. The molecule has 0 N–H and O–H groups in total. The van der Waals surface area contributed by atoms with Gasteiger partial charge in [-0.05, 0) is 74.2 Å². The van der Waals surface area contributed by atoms with Crippen LogP contribution in [-0.4, -0.2) is 35.6 Å². The minimum Gasteiger partial charge on any atom is -0.497 e. The lowest BCUT2D eigenvalue weighted by atomic mass is 10.1. The first-order valence-electron chi connectivity index (χ1n) is 10.1. The molecule has 2 heterocycles. The average molecular weight is 410 g/mol. The van der Waals surface area contributed by atoms with E-state index in [1.54, 1.807) is 24.7 Å². The van der Waals surface area contributed by atoms with Gasteiger partial charge in [-0.25, -0.2) is 8.78 Å². The van der Waals surface area contributed by atoms with E-state index < -0.39 is 11.6 Å². The summed E-state index contributed by atoms with van der Waals surface area (Å²) in [7, 11) is 1.59. The van der Waals surface area contributed by atoms with Gasteiger partial charge in [-0.15, -0.1) is 0 Å². The molecule has 0 radical (unpaired) electrons. The van der Waals surface area contributed by atoms with Crippen molar-refractivity contribution in [3.05, 3.63) is 71.4 Å². The van der Waals surface area contributed by atoms with Gasteiger partial charge in [0.25, 0.3) is 5.91 Å². The molecular weight excluding hydrogens is 386 g/mol. The largest absolute Gasteiger partial charge is 0.497 e. The molecule has 1 aromatic heterocycles. The Hall–Kier alpha value is -3.15. The van der Waals surface area contributed by atoms with E-state index in [1.807, 2.05) is 29.2 Å². The van der Waals surface area contributed by atoms with Crippen molar-refractivity contribution >= 4 is 5.91 Å². The van der Waals surface area contributed by atoms with Gasteiger partial charge in [-0.3, -0.25) is 4.79 Å². The Labute approximate surface area is 174 Å². The fourth-order valence-electron chi connectivity index (χ4n) is 4.04. The SMILES string of the molecule is COc1ccc(-c2cc(C(=O)N3CCCCC3)c(C)n2-c2ccc(F)cc2F)cc1. The number of likely N-dealkylation sites (tertiary alicyclic amines) is 1. The molecule has 4 nitrogen and oxygen atoms in total. The lowest BCUT2D eigenvalue weighted by Crippen LogP contribution is -2.35. The van der Waals surface area contributed by atoms with Gasteiger partial charge in [-0.1, -0.05) is 0 Å². The summed E-state index contributed by atoms with van der Waals surface area (Å²) in [6.07, 6.45) is 3.11. The van der Waals surface area contributed by atoms with Crippen molar-refractivity contribution in [3.63, 3.8) is 0 Å². The molecule has 1 fully saturated rings. The van der Waals surface area contributed by atoms with Crippen LogP contribution < -0.4 is 4.74 Å². The molecule has 0 bridgehead atoms. The quantitative estimate of drug-likeness (QED) is 0.580. The summed E-state index contributed by atoms with van der Waals surface area (Å²) in [5.74, 6) is -0.675. The number of aromatic nitrogens is 1. The van der Waals surface area contributed by atoms with E-state index in [2.05, 4.69) is 0 Å². The van der Waals surface area contributed by atoms with Gasteiger partial charge in [0.05, 0.1) is 24.1 Å². The molecule has 2 aromatic carbocycles. The van der Waals surface area contributed by atoms with Crippen LogP contribution in [0.3, 0.4) is 0 Å². The highest BCUT2D eigenvalue weighted by atomic mass is 19.1. The highest BCUT2D eigenvalue weighted by Gasteiger charge is 2.25. The van der Waals surface area contributed by atoms with Gasteiger partial charge in [0, 0.05) is 24.8 Å². The van der Waals surface area contributed by atoms with E-state index in [0.717, 1.165) is 44.0 Å². The second-order valence-electron chi connectivity index (χ2n) is 7.54. The number of hydrogen-bond donors (Lipinski definition) is 0. The third-order valence-electron chi connectivity index (χ3n) is 5.66. The number of methoxy groups -OCH3 is 1. The maximum Gasteiger partial charge on any atom is 0.255 e. The maximum atomic E-state index is 14.7. The van der Waals surface area contributed by atoms with Crippen LogP contribution in [0.1, 0.15) is 35.3 Å². The van der Waals surface area contributed by atoms with Crippen molar-refractivity contribution in [2.75, 3.05) is 20.2 Å². The molecule has 0 spiro atoms. The Morgan fingerprint density at radius 2 is 1.67 bits per heavy atom. The first-order valence-corrected chi connectivity index (χ1v) is 10.1. The highest BCUT2D eigenvalue weighted by Crippen LogP contribution is 2.32. The zero-order valence-electron chi connectivity index (χ0n) is 17.1. The summed E-state index contributed by atoms with van der Waals surface area (Å²) in [5, 5.41) is 0. The van der Waals surface area contributed by atoms with Crippen molar-refractivity contribution in [2.24, 2.45) is 0 Å².